The quantitative estimate of drug-likeness (QED) is 0.765. The molecule has 1 aliphatic carbocycles. The number of benzene rings is 1. The van der Waals surface area contributed by atoms with Crippen LogP contribution in [0.1, 0.15) is 25.3 Å². The molecule has 108 valence electrons. The summed E-state index contributed by atoms with van der Waals surface area (Å²) in [4.78, 5) is 23.4. The van der Waals surface area contributed by atoms with Crippen LogP contribution in [0.15, 0.2) is 18.2 Å². The number of carbonyl (C=O) groups is 2. The molecular formula is C15H19IN2O2. The Bertz CT molecular complexity index is 531. The van der Waals surface area contributed by atoms with Crippen LogP contribution in [0.2, 0.25) is 0 Å². The molecular weight excluding hydrogens is 367 g/mol. The van der Waals surface area contributed by atoms with Crippen molar-refractivity contribution >= 4 is 40.1 Å². The molecule has 1 saturated carbocycles. The number of aryl methyl sites for hydroxylation is 1. The highest BCUT2D eigenvalue weighted by atomic mass is 127. The fraction of sp³-hybridized carbons (Fsp3) is 0.467. The number of anilines is 1. The summed E-state index contributed by atoms with van der Waals surface area (Å²) in [6.45, 7) is 4.49. The van der Waals surface area contributed by atoms with Crippen LogP contribution in [-0.4, -0.2) is 18.4 Å². The molecule has 1 aliphatic rings. The van der Waals surface area contributed by atoms with Gasteiger partial charge < -0.3 is 10.6 Å². The molecule has 2 rings (SSSR count). The summed E-state index contributed by atoms with van der Waals surface area (Å²) < 4.78 is 1.12. The maximum atomic E-state index is 11.8. The highest BCUT2D eigenvalue weighted by Crippen LogP contribution is 2.37. The minimum atomic E-state index is -0.0752. The van der Waals surface area contributed by atoms with Crippen LogP contribution >= 0.6 is 22.6 Å². The van der Waals surface area contributed by atoms with Gasteiger partial charge in [-0.05, 0) is 59.5 Å². The van der Waals surface area contributed by atoms with Gasteiger partial charge in [-0.1, -0.05) is 13.0 Å². The van der Waals surface area contributed by atoms with E-state index in [2.05, 4.69) is 40.1 Å². The number of hydrogen-bond donors (Lipinski definition) is 2. The summed E-state index contributed by atoms with van der Waals surface area (Å²) in [6, 6.07) is 5.81. The Morgan fingerprint density at radius 3 is 2.70 bits per heavy atom. The summed E-state index contributed by atoms with van der Waals surface area (Å²) in [5.74, 6) is 0.666. The number of nitrogens with one attached hydrogen (secondary N) is 2. The van der Waals surface area contributed by atoms with Gasteiger partial charge in [-0.3, -0.25) is 9.59 Å². The second-order valence-electron chi connectivity index (χ2n) is 5.37. The lowest BCUT2D eigenvalue weighted by Crippen LogP contribution is -2.29. The molecule has 5 heteroatoms. The lowest BCUT2D eigenvalue weighted by Gasteiger charge is -2.08. The Morgan fingerprint density at radius 2 is 2.10 bits per heavy atom. The molecule has 2 atom stereocenters. The molecule has 0 radical (unpaired) electrons. The molecule has 2 N–H and O–H groups in total. The van der Waals surface area contributed by atoms with E-state index < -0.39 is 0 Å². The van der Waals surface area contributed by atoms with Crippen molar-refractivity contribution in [2.45, 2.75) is 26.7 Å². The van der Waals surface area contributed by atoms with Gasteiger partial charge in [-0.15, -0.1) is 0 Å². The van der Waals surface area contributed by atoms with Crippen LogP contribution in [0.25, 0.3) is 0 Å². The summed E-state index contributed by atoms with van der Waals surface area (Å²) in [5.41, 5.74) is 1.99. The van der Waals surface area contributed by atoms with Gasteiger partial charge in [0.25, 0.3) is 0 Å². The predicted molar refractivity (Wildman–Crippen MR) is 87.4 cm³/mol. The third kappa shape index (κ3) is 4.19. The fourth-order valence-corrected chi connectivity index (χ4v) is 2.53. The minimum Gasteiger partial charge on any atom is -0.355 e. The Morgan fingerprint density at radius 1 is 1.40 bits per heavy atom. The normalized spacial score (nSPS) is 20.4. The van der Waals surface area contributed by atoms with E-state index in [1.54, 1.807) is 0 Å². The van der Waals surface area contributed by atoms with E-state index in [-0.39, 0.29) is 17.7 Å². The van der Waals surface area contributed by atoms with Gasteiger partial charge in [0.2, 0.25) is 11.8 Å². The van der Waals surface area contributed by atoms with Crippen molar-refractivity contribution in [3.63, 3.8) is 0 Å². The van der Waals surface area contributed by atoms with E-state index in [1.165, 1.54) is 5.56 Å². The van der Waals surface area contributed by atoms with Crippen molar-refractivity contribution in [3.05, 3.63) is 27.3 Å². The smallest absolute Gasteiger partial charge is 0.226 e. The van der Waals surface area contributed by atoms with E-state index in [0.29, 0.717) is 18.9 Å². The number of amides is 2. The Balaban J connectivity index is 1.72. The van der Waals surface area contributed by atoms with Gasteiger partial charge in [0, 0.05) is 28.1 Å². The molecule has 0 aromatic heterocycles. The second-order valence-corrected chi connectivity index (χ2v) is 6.53. The van der Waals surface area contributed by atoms with Crippen molar-refractivity contribution in [2.24, 2.45) is 11.8 Å². The van der Waals surface area contributed by atoms with Gasteiger partial charge >= 0.3 is 0 Å². The maximum absolute atomic E-state index is 11.8. The summed E-state index contributed by atoms with van der Waals surface area (Å²) in [5, 5.41) is 5.65. The van der Waals surface area contributed by atoms with Gasteiger partial charge in [-0.25, -0.2) is 0 Å². The van der Waals surface area contributed by atoms with Crippen molar-refractivity contribution in [1.82, 2.24) is 5.32 Å². The lowest BCUT2D eigenvalue weighted by atomic mass is 10.2. The molecule has 0 heterocycles. The number of rotatable bonds is 5. The molecule has 4 nitrogen and oxygen atoms in total. The topological polar surface area (TPSA) is 58.2 Å². The van der Waals surface area contributed by atoms with Crippen LogP contribution in [0.5, 0.6) is 0 Å². The van der Waals surface area contributed by atoms with E-state index in [9.17, 15) is 9.59 Å². The number of halogens is 1. The fourth-order valence-electron chi connectivity index (χ4n) is 2.01. The molecule has 0 saturated heterocycles. The maximum Gasteiger partial charge on any atom is 0.226 e. The molecule has 0 unspecified atom stereocenters. The van der Waals surface area contributed by atoms with Crippen molar-refractivity contribution in [1.29, 1.82) is 0 Å². The van der Waals surface area contributed by atoms with E-state index in [0.717, 1.165) is 15.7 Å². The number of carbonyl (C=O) groups excluding carboxylic acids is 2. The minimum absolute atomic E-state index is 0.0752. The largest absolute Gasteiger partial charge is 0.355 e. The van der Waals surface area contributed by atoms with Crippen LogP contribution in [0.4, 0.5) is 5.69 Å². The van der Waals surface area contributed by atoms with Crippen LogP contribution in [-0.2, 0) is 9.59 Å². The summed E-state index contributed by atoms with van der Waals surface area (Å²) in [7, 11) is 0. The van der Waals surface area contributed by atoms with Crippen molar-refractivity contribution < 1.29 is 9.59 Å². The molecule has 0 spiro atoms. The monoisotopic (exact) mass is 386 g/mol. The Kier molecular flexibility index (Phi) is 5.01. The summed E-state index contributed by atoms with van der Waals surface area (Å²) >= 11 is 2.24. The Labute approximate surface area is 132 Å². The first-order valence-corrected chi connectivity index (χ1v) is 7.89. The van der Waals surface area contributed by atoms with E-state index in [4.69, 9.17) is 0 Å². The number of hydrogen-bond acceptors (Lipinski definition) is 2. The van der Waals surface area contributed by atoms with Crippen molar-refractivity contribution in [2.75, 3.05) is 11.9 Å². The van der Waals surface area contributed by atoms with Gasteiger partial charge in [0.1, 0.15) is 0 Å². The molecule has 1 aromatic rings. The van der Waals surface area contributed by atoms with Crippen LogP contribution in [0, 0.1) is 22.3 Å². The van der Waals surface area contributed by atoms with Crippen LogP contribution < -0.4 is 10.6 Å². The molecule has 1 fully saturated rings. The highest BCUT2D eigenvalue weighted by Gasteiger charge is 2.38. The van der Waals surface area contributed by atoms with Crippen LogP contribution in [0.3, 0.4) is 0 Å². The standard InChI is InChI=1S/C15H19IN2O2/c1-9-3-4-11(8-13(9)16)18-14(19)5-6-17-15(20)12-7-10(12)2/h3-4,8,10,12H,5-7H2,1-2H3,(H,17,20)(H,18,19)/t10-,12+/m1/s1. The molecule has 0 bridgehead atoms. The Hall–Kier alpha value is -1.11. The molecule has 20 heavy (non-hydrogen) atoms. The lowest BCUT2D eigenvalue weighted by molar-refractivity contribution is -0.122. The first-order valence-electron chi connectivity index (χ1n) is 6.81. The summed E-state index contributed by atoms with van der Waals surface area (Å²) in [6.07, 6.45) is 1.27. The molecule has 2 amide bonds. The van der Waals surface area contributed by atoms with Gasteiger partial charge in [-0.2, -0.15) is 0 Å². The predicted octanol–water partition coefficient (Wildman–Crippen LogP) is 2.70. The zero-order chi connectivity index (χ0) is 14.7. The zero-order valence-corrected chi connectivity index (χ0v) is 13.9. The van der Waals surface area contributed by atoms with E-state index in [1.807, 2.05) is 25.1 Å². The highest BCUT2D eigenvalue weighted by molar-refractivity contribution is 14.1. The SMILES string of the molecule is Cc1ccc(NC(=O)CCNC(=O)[C@H]2C[C@H]2C)cc1I. The first kappa shape index (κ1) is 15.3. The third-order valence-electron chi connectivity index (χ3n) is 3.55. The zero-order valence-electron chi connectivity index (χ0n) is 11.7. The van der Waals surface area contributed by atoms with Crippen molar-refractivity contribution in [3.8, 4) is 0 Å². The van der Waals surface area contributed by atoms with E-state index >= 15 is 0 Å². The molecule has 1 aromatic carbocycles. The average Bonchev–Trinajstić information content (AvgIpc) is 3.11. The van der Waals surface area contributed by atoms with Gasteiger partial charge in [0.05, 0.1) is 0 Å². The molecule has 0 aliphatic heterocycles. The second kappa shape index (κ2) is 6.56. The average molecular weight is 386 g/mol. The van der Waals surface area contributed by atoms with Gasteiger partial charge in [0.15, 0.2) is 0 Å². The first-order chi connectivity index (χ1) is 9.47. The third-order valence-corrected chi connectivity index (χ3v) is 4.72.